The van der Waals surface area contributed by atoms with Crippen molar-refractivity contribution in [2.75, 3.05) is 13.2 Å². The minimum absolute atomic E-state index is 0.119. The average molecular weight is 443 g/mol. The van der Waals surface area contributed by atoms with E-state index < -0.39 is 17.9 Å². The summed E-state index contributed by atoms with van der Waals surface area (Å²) in [6.45, 7) is 0.946. The Labute approximate surface area is 195 Å². The highest BCUT2D eigenvalue weighted by Gasteiger charge is 2.41. The van der Waals surface area contributed by atoms with E-state index >= 15 is 0 Å². The van der Waals surface area contributed by atoms with Crippen LogP contribution in [-0.4, -0.2) is 42.0 Å². The Kier molecular flexibility index (Phi) is 7.53. The van der Waals surface area contributed by atoms with Crippen molar-refractivity contribution < 1.29 is 14.3 Å². The van der Waals surface area contributed by atoms with E-state index in [1.165, 1.54) is 5.56 Å². The quantitative estimate of drug-likeness (QED) is 0.511. The molecule has 2 atom stereocenters. The largest absolute Gasteiger partial charge is 0.376 e. The fourth-order valence-electron chi connectivity index (χ4n) is 4.54. The van der Waals surface area contributed by atoms with E-state index in [-0.39, 0.29) is 12.0 Å². The van der Waals surface area contributed by atoms with Crippen molar-refractivity contribution >= 4 is 11.8 Å². The van der Waals surface area contributed by atoms with Crippen LogP contribution in [0.3, 0.4) is 0 Å². The summed E-state index contributed by atoms with van der Waals surface area (Å²) in [6, 6.07) is 29.0. The Hall–Kier alpha value is -3.44. The highest BCUT2D eigenvalue weighted by molar-refractivity contribution is 5.92. The van der Waals surface area contributed by atoms with Crippen LogP contribution in [0, 0.1) is 0 Å². The number of hydrogen-bond donors (Lipinski definition) is 1. The third-order valence-corrected chi connectivity index (χ3v) is 6.19. The minimum Gasteiger partial charge on any atom is -0.376 e. The number of hydrogen-bond acceptors (Lipinski definition) is 3. The molecule has 1 saturated heterocycles. The zero-order valence-electron chi connectivity index (χ0n) is 18.7. The molecule has 3 aromatic carbocycles. The molecule has 170 valence electrons. The van der Waals surface area contributed by atoms with E-state index in [0.29, 0.717) is 19.6 Å². The van der Waals surface area contributed by atoms with Gasteiger partial charge in [-0.2, -0.15) is 0 Å². The monoisotopic (exact) mass is 442 g/mol. The van der Waals surface area contributed by atoms with Crippen molar-refractivity contribution in [3.05, 3.63) is 108 Å². The molecule has 5 heteroatoms. The number of primary amides is 1. The number of amides is 2. The molecular formula is C28H30N2O3. The standard InChI is InChI=1S/C28H30N2O3/c29-27(31)25-19-24(33-18-10-13-21-11-4-1-5-12-21)20-30(25)28(32)26(22-14-6-2-7-15-22)23-16-8-3-9-17-23/h1-9,11-12,14-17,24-26H,10,13,18-20H2,(H2,29,31)/t24-,25-/m0/s1. The molecule has 0 bridgehead atoms. The predicted octanol–water partition coefficient (Wildman–Crippen LogP) is 3.92. The van der Waals surface area contributed by atoms with Crippen LogP contribution in [0.25, 0.3) is 0 Å². The van der Waals surface area contributed by atoms with Crippen LogP contribution in [0.2, 0.25) is 0 Å². The molecule has 0 saturated carbocycles. The molecule has 1 aliphatic heterocycles. The smallest absolute Gasteiger partial charge is 0.240 e. The summed E-state index contributed by atoms with van der Waals surface area (Å²) in [4.78, 5) is 27.6. The second kappa shape index (κ2) is 10.9. The topological polar surface area (TPSA) is 72.6 Å². The Balaban J connectivity index is 1.46. The van der Waals surface area contributed by atoms with Gasteiger partial charge in [-0.1, -0.05) is 91.0 Å². The van der Waals surface area contributed by atoms with Crippen molar-refractivity contribution in [2.24, 2.45) is 5.73 Å². The number of carbonyl (C=O) groups is 2. The number of carbonyl (C=O) groups excluding carboxylic acids is 2. The van der Waals surface area contributed by atoms with E-state index in [1.807, 2.05) is 78.9 Å². The first-order chi connectivity index (χ1) is 16.1. The van der Waals surface area contributed by atoms with Gasteiger partial charge in [-0.3, -0.25) is 9.59 Å². The van der Waals surface area contributed by atoms with Gasteiger partial charge in [0.05, 0.1) is 12.0 Å². The van der Waals surface area contributed by atoms with Crippen LogP contribution in [0.1, 0.15) is 35.4 Å². The van der Waals surface area contributed by atoms with E-state index in [9.17, 15) is 9.59 Å². The van der Waals surface area contributed by atoms with Crippen molar-refractivity contribution in [3.63, 3.8) is 0 Å². The van der Waals surface area contributed by atoms with Gasteiger partial charge in [-0.25, -0.2) is 0 Å². The van der Waals surface area contributed by atoms with Gasteiger partial charge in [0.15, 0.2) is 0 Å². The van der Waals surface area contributed by atoms with Crippen LogP contribution >= 0.6 is 0 Å². The molecule has 4 rings (SSSR count). The van der Waals surface area contributed by atoms with Crippen LogP contribution in [0.15, 0.2) is 91.0 Å². The van der Waals surface area contributed by atoms with E-state index in [0.717, 1.165) is 24.0 Å². The first-order valence-electron chi connectivity index (χ1n) is 11.5. The maximum atomic E-state index is 13.8. The molecule has 1 heterocycles. The SMILES string of the molecule is NC(=O)[C@@H]1C[C@H](OCCCc2ccccc2)CN1C(=O)C(c1ccccc1)c1ccccc1. The van der Waals surface area contributed by atoms with Gasteiger partial charge >= 0.3 is 0 Å². The minimum atomic E-state index is -0.661. The number of likely N-dealkylation sites (tertiary alicyclic amines) is 1. The van der Waals surface area contributed by atoms with Crippen LogP contribution in [0.4, 0.5) is 0 Å². The van der Waals surface area contributed by atoms with Crippen molar-refractivity contribution in [2.45, 2.75) is 37.3 Å². The van der Waals surface area contributed by atoms with Gasteiger partial charge < -0.3 is 15.4 Å². The predicted molar refractivity (Wildman–Crippen MR) is 129 cm³/mol. The molecule has 2 amide bonds. The van der Waals surface area contributed by atoms with Gasteiger partial charge in [-0.15, -0.1) is 0 Å². The molecule has 1 fully saturated rings. The number of aryl methyl sites for hydroxylation is 1. The van der Waals surface area contributed by atoms with Crippen molar-refractivity contribution in [1.82, 2.24) is 4.90 Å². The maximum absolute atomic E-state index is 13.8. The zero-order valence-corrected chi connectivity index (χ0v) is 18.7. The summed E-state index contributed by atoms with van der Waals surface area (Å²) >= 11 is 0. The van der Waals surface area contributed by atoms with Gasteiger partial charge in [0.2, 0.25) is 11.8 Å². The highest BCUT2D eigenvalue weighted by atomic mass is 16.5. The lowest BCUT2D eigenvalue weighted by Gasteiger charge is -2.27. The molecule has 2 N–H and O–H groups in total. The van der Waals surface area contributed by atoms with Gasteiger partial charge in [0.1, 0.15) is 6.04 Å². The summed E-state index contributed by atoms with van der Waals surface area (Å²) in [6.07, 6.45) is 2.05. The second-order valence-electron chi connectivity index (χ2n) is 8.48. The molecule has 33 heavy (non-hydrogen) atoms. The molecule has 0 unspecified atom stereocenters. The Morgan fingerprint density at radius 3 is 1.97 bits per heavy atom. The lowest BCUT2D eigenvalue weighted by Crippen LogP contribution is -2.45. The van der Waals surface area contributed by atoms with Crippen molar-refractivity contribution in [1.29, 1.82) is 0 Å². The number of ether oxygens (including phenoxy) is 1. The van der Waals surface area contributed by atoms with Crippen LogP contribution < -0.4 is 5.73 Å². The molecule has 0 aliphatic carbocycles. The van der Waals surface area contributed by atoms with Crippen molar-refractivity contribution in [3.8, 4) is 0 Å². The Morgan fingerprint density at radius 2 is 1.42 bits per heavy atom. The normalized spacial score (nSPS) is 17.9. The number of rotatable bonds is 9. The van der Waals surface area contributed by atoms with Gasteiger partial charge in [0.25, 0.3) is 0 Å². The number of benzene rings is 3. The first kappa shape index (κ1) is 22.7. The van der Waals surface area contributed by atoms with E-state index in [2.05, 4.69) is 12.1 Å². The molecule has 3 aromatic rings. The van der Waals surface area contributed by atoms with E-state index in [1.54, 1.807) is 4.90 Å². The summed E-state index contributed by atoms with van der Waals surface area (Å²) in [5.74, 6) is -1.10. The first-order valence-corrected chi connectivity index (χ1v) is 11.5. The zero-order chi connectivity index (χ0) is 23.0. The fraction of sp³-hybridized carbons (Fsp3) is 0.286. The Bertz CT molecular complexity index is 1000. The van der Waals surface area contributed by atoms with Gasteiger partial charge in [0, 0.05) is 19.6 Å². The molecule has 1 aliphatic rings. The Morgan fingerprint density at radius 1 is 0.879 bits per heavy atom. The lowest BCUT2D eigenvalue weighted by molar-refractivity contribution is -0.138. The summed E-state index contributed by atoms with van der Waals surface area (Å²) in [5, 5.41) is 0. The summed E-state index contributed by atoms with van der Waals surface area (Å²) in [5.41, 5.74) is 8.76. The third-order valence-electron chi connectivity index (χ3n) is 6.19. The highest BCUT2D eigenvalue weighted by Crippen LogP contribution is 2.31. The summed E-state index contributed by atoms with van der Waals surface area (Å²) < 4.78 is 6.08. The van der Waals surface area contributed by atoms with Crippen LogP contribution in [0.5, 0.6) is 0 Å². The molecule has 0 radical (unpaired) electrons. The average Bonchev–Trinajstić information content (AvgIpc) is 3.29. The molecule has 0 aromatic heterocycles. The molecule has 0 spiro atoms. The van der Waals surface area contributed by atoms with E-state index in [4.69, 9.17) is 10.5 Å². The maximum Gasteiger partial charge on any atom is 0.240 e. The lowest BCUT2D eigenvalue weighted by atomic mass is 9.90. The third kappa shape index (κ3) is 5.68. The number of nitrogens with two attached hydrogens (primary N) is 1. The number of nitrogens with zero attached hydrogens (tertiary/aromatic N) is 1. The van der Waals surface area contributed by atoms with Gasteiger partial charge in [-0.05, 0) is 29.5 Å². The fourth-order valence-corrected chi connectivity index (χ4v) is 4.54. The summed E-state index contributed by atoms with van der Waals surface area (Å²) in [7, 11) is 0. The van der Waals surface area contributed by atoms with Crippen LogP contribution in [-0.2, 0) is 20.7 Å². The molecule has 5 nitrogen and oxygen atoms in total. The molecular weight excluding hydrogens is 412 g/mol. The second-order valence-corrected chi connectivity index (χ2v) is 8.48.